The fraction of sp³-hybridized carbons (Fsp3) is 0.500. The van der Waals surface area contributed by atoms with Crippen molar-refractivity contribution < 1.29 is 4.79 Å². The molecule has 1 aliphatic heterocycles. The maximum atomic E-state index is 11.6. The Kier molecular flexibility index (Phi) is 4.65. The summed E-state index contributed by atoms with van der Waals surface area (Å²) in [6, 6.07) is 0. The van der Waals surface area contributed by atoms with Gasteiger partial charge >= 0.3 is 0 Å². The van der Waals surface area contributed by atoms with E-state index >= 15 is 0 Å². The Morgan fingerprint density at radius 3 is 2.41 bits per heavy atom. The third kappa shape index (κ3) is 3.28. The van der Waals surface area contributed by atoms with Crippen molar-refractivity contribution >= 4 is 29.9 Å². The van der Waals surface area contributed by atoms with Crippen LogP contribution in [0.15, 0.2) is 12.4 Å². The first-order valence-corrected chi connectivity index (χ1v) is 5.18. The second-order valence-electron chi connectivity index (χ2n) is 4.00. The Bertz CT molecular complexity index is 377. The van der Waals surface area contributed by atoms with Gasteiger partial charge in [-0.3, -0.25) is 10.1 Å². The maximum Gasteiger partial charge on any atom is 0.232 e. The molecule has 17 heavy (non-hydrogen) atoms. The van der Waals surface area contributed by atoms with Crippen LogP contribution in [0.5, 0.6) is 0 Å². The summed E-state index contributed by atoms with van der Waals surface area (Å²) in [5.74, 6) is 0.399. The van der Waals surface area contributed by atoms with Crippen molar-refractivity contribution in [3.8, 4) is 0 Å². The smallest absolute Gasteiger partial charge is 0.232 e. The first-order valence-electron chi connectivity index (χ1n) is 5.18. The van der Waals surface area contributed by atoms with E-state index in [0.29, 0.717) is 5.95 Å². The van der Waals surface area contributed by atoms with Gasteiger partial charge in [-0.1, -0.05) is 0 Å². The van der Waals surface area contributed by atoms with E-state index in [4.69, 9.17) is 0 Å². The molecule has 0 bridgehead atoms. The number of nitrogens with one attached hydrogen (secondary N) is 2. The average Bonchev–Trinajstić information content (AvgIpc) is 2.15. The summed E-state index contributed by atoms with van der Waals surface area (Å²) in [4.78, 5) is 21.6. The summed E-state index contributed by atoms with van der Waals surface area (Å²) in [5, 5.41) is 5.73. The quantitative estimate of drug-likeness (QED) is 0.805. The van der Waals surface area contributed by atoms with Crippen molar-refractivity contribution in [2.24, 2.45) is 5.92 Å². The highest BCUT2D eigenvalue weighted by Crippen LogP contribution is 2.10. The van der Waals surface area contributed by atoms with E-state index in [2.05, 4.69) is 20.6 Å². The lowest BCUT2D eigenvalue weighted by Gasteiger charge is -2.25. The molecule has 2 N–H and O–H groups in total. The Hall–Kier alpha value is -1.40. The minimum absolute atomic E-state index is 0. The lowest BCUT2D eigenvalue weighted by Crippen LogP contribution is -2.48. The lowest BCUT2D eigenvalue weighted by atomic mass is 10.0. The summed E-state index contributed by atoms with van der Waals surface area (Å²) in [6.07, 6.45) is 3.36. The number of nitrogens with zero attached hydrogens (tertiary/aromatic N) is 3. The standard InChI is InChI=1S/C10H15N5O.ClH/c1-15(2)8-5-12-10(13-6-8)14-9(16)7-3-11-4-7;/h5-7,11H,3-4H2,1-2H3,(H,12,13,14,16);1H. The van der Waals surface area contributed by atoms with Gasteiger partial charge in [-0.05, 0) is 0 Å². The number of carbonyl (C=O) groups is 1. The van der Waals surface area contributed by atoms with Gasteiger partial charge in [0, 0.05) is 27.2 Å². The van der Waals surface area contributed by atoms with Crippen LogP contribution in [0.2, 0.25) is 0 Å². The highest BCUT2D eigenvalue weighted by atomic mass is 35.5. The molecule has 1 saturated heterocycles. The van der Waals surface area contributed by atoms with Crippen LogP contribution in [0.25, 0.3) is 0 Å². The summed E-state index contributed by atoms with van der Waals surface area (Å²) in [6.45, 7) is 1.48. The first kappa shape index (κ1) is 13.7. The van der Waals surface area contributed by atoms with E-state index in [-0.39, 0.29) is 24.2 Å². The van der Waals surface area contributed by atoms with Crippen LogP contribution in [0.1, 0.15) is 0 Å². The first-order chi connectivity index (χ1) is 7.66. The molecule has 94 valence electrons. The highest BCUT2D eigenvalue weighted by molar-refractivity contribution is 5.91. The number of aromatic nitrogens is 2. The van der Waals surface area contributed by atoms with Gasteiger partial charge in [-0.2, -0.15) is 0 Å². The molecule has 1 aromatic heterocycles. The monoisotopic (exact) mass is 257 g/mol. The topological polar surface area (TPSA) is 70.2 Å². The van der Waals surface area contributed by atoms with Crippen molar-refractivity contribution in [1.29, 1.82) is 0 Å². The van der Waals surface area contributed by atoms with Crippen molar-refractivity contribution in [1.82, 2.24) is 15.3 Å². The van der Waals surface area contributed by atoms with Crippen LogP contribution in [0.3, 0.4) is 0 Å². The molecule has 1 fully saturated rings. The fourth-order valence-electron chi connectivity index (χ4n) is 1.30. The molecule has 0 spiro atoms. The molecule has 0 atom stereocenters. The number of anilines is 2. The second kappa shape index (κ2) is 5.79. The maximum absolute atomic E-state index is 11.6. The van der Waals surface area contributed by atoms with Gasteiger partial charge in [-0.25, -0.2) is 9.97 Å². The Labute approximate surface area is 106 Å². The largest absolute Gasteiger partial charge is 0.375 e. The molecule has 7 heteroatoms. The molecule has 2 heterocycles. The molecule has 0 aliphatic carbocycles. The molecule has 0 unspecified atom stereocenters. The molecular formula is C10H16ClN5O. The van der Waals surface area contributed by atoms with Crippen LogP contribution in [-0.2, 0) is 4.79 Å². The third-order valence-corrected chi connectivity index (χ3v) is 2.54. The average molecular weight is 258 g/mol. The Morgan fingerprint density at radius 1 is 1.41 bits per heavy atom. The zero-order chi connectivity index (χ0) is 11.5. The number of rotatable bonds is 3. The molecule has 2 rings (SSSR count). The van der Waals surface area contributed by atoms with Crippen LogP contribution in [-0.4, -0.2) is 43.1 Å². The van der Waals surface area contributed by atoms with Gasteiger partial charge in [0.25, 0.3) is 0 Å². The van der Waals surface area contributed by atoms with Gasteiger partial charge in [-0.15, -0.1) is 12.4 Å². The predicted octanol–water partition coefficient (Wildman–Crippen LogP) is 0.122. The molecule has 1 aromatic rings. The van der Waals surface area contributed by atoms with Crippen LogP contribution >= 0.6 is 12.4 Å². The summed E-state index contributed by atoms with van der Waals surface area (Å²) < 4.78 is 0. The SMILES string of the molecule is CN(C)c1cnc(NC(=O)C2CNC2)nc1.Cl. The molecule has 1 amide bonds. The zero-order valence-electron chi connectivity index (χ0n) is 9.80. The lowest BCUT2D eigenvalue weighted by molar-refractivity contribution is -0.121. The normalized spacial score (nSPS) is 14.5. The Morgan fingerprint density at radius 2 is 2.00 bits per heavy atom. The van der Waals surface area contributed by atoms with E-state index in [1.165, 1.54) is 0 Å². The molecule has 6 nitrogen and oxygen atoms in total. The minimum Gasteiger partial charge on any atom is -0.375 e. The van der Waals surface area contributed by atoms with Crippen molar-refractivity contribution in [3.05, 3.63) is 12.4 Å². The number of hydrogen-bond donors (Lipinski definition) is 2. The van der Waals surface area contributed by atoms with Crippen LogP contribution in [0.4, 0.5) is 11.6 Å². The van der Waals surface area contributed by atoms with Gasteiger partial charge in [0.1, 0.15) is 0 Å². The van der Waals surface area contributed by atoms with E-state index in [1.807, 2.05) is 19.0 Å². The predicted molar refractivity (Wildman–Crippen MR) is 68.6 cm³/mol. The summed E-state index contributed by atoms with van der Waals surface area (Å²) in [5.41, 5.74) is 0.906. The van der Waals surface area contributed by atoms with Crippen LogP contribution < -0.4 is 15.5 Å². The van der Waals surface area contributed by atoms with Gasteiger partial charge < -0.3 is 10.2 Å². The molecule has 1 aliphatic rings. The van der Waals surface area contributed by atoms with E-state index in [0.717, 1.165) is 18.8 Å². The van der Waals surface area contributed by atoms with Crippen LogP contribution in [0, 0.1) is 5.92 Å². The molecule has 0 aromatic carbocycles. The van der Waals surface area contributed by atoms with Crippen molar-refractivity contribution in [2.75, 3.05) is 37.4 Å². The van der Waals surface area contributed by atoms with E-state index < -0.39 is 0 Å². The minimum atomic E-state index is -0.0173. The van der Waals surface area contributed by atoms with Gasteiger partial charge in [0.05, 0.1) is 24.0 Å². The van der Waals surface area contributed by atoms with Gasteiger partial charge in [0.2, 0.25) is 11.9 Å². The van der Waals surface area contributed by atoms with Crippen molar-refractivity contribution in [3.63, 3.8) is 0 Å². The van der Waals surface area contributed by atoms with Crippen molar-refractivity contribution in [2.45, 2.75) is 0 Å². The number of carbonyl (C=O) groups excluding carboxylic acids is 1. The molecule has 0 radical (unpaired) electrons. The van der Waals surface area contributed by atoms with Gasteiger partial charge in [0.15, 0.2) is 0 Å². The van der Waals surface area contributed by atoms with E-state index in [1.54, 1.807) is 12.4 Å². The highest BCUT2D eigenvalue weighted by Gasteiger charge is 2.25. The number of amides is 1. The second-order valence-corrected chi connectivity index (χ2v) is 4.00. The zero-order valence-corrected chi connectivity index (χ0v) is 10.6. The summed E-state index contributed by atoms with van der Waals surface area (Å²) in [7, 11) is 3.83. The molecular weight excluding hydrogens is 242 g/mol. The fourth-order valence-corrected chi connectivity index (χ4v) is 1.30. The Balaban J connectivity index is 0.00000144. The number of halogens is 1. The third-order valence-electron chi connectivity index (χ3n) is 2.54. The van der Waals surface area contributed by atoms with E-state index in [9.17, 15) is 4.79 Å². The number of hydrogen-bond acceptors (Lipinski definition) is 5. The summed E-state index contributed by atoms with van der Waals surface area (Å²) >= 11 is 0. The molecule has 0 saturated carbocycles.